The Bertz CT molecular complexity index is 1360. The van der Waals surface area contributed by atoms with Crippen LogP contribution in [0.5, 0.6) is 0 Å². The minimum atomic E-state index is -1.65. The van der Waals surface area contributed by atoms with E-state index in [2.05, 4.69) is 0 Å². The Balaban J connectivity index is 1.62. The predicted octanol–water partition coefficient (Wildman–Crippen LogP) is 1.66. The number of esters is 5. The van der Waals surface area contributed by atoms with Crippen LogP contribution in [0, 0.1) is 28.1 Å². The Morgan fingerprint density at radius 3 is 2.21 bits per heavy atom. The molecule has 12 heteroatoms. The van der Waals surface area contributed by atoms with E-state index in [0.29, 0.717) is 0 Å². The van der Waals surface area contributed by atoms with Gasteiger partial charge in [0.2, 0.25) is 6.29 Å². The molecule has 2 aliphatic carbocycles. The minimum absolute atomic E-state index is 0.0474. The molecule has 0 amide bonds. The number of epoxide rings is 1. The van der Waals surface area contributed by atoms with Gasteiger partial charge in [-0.25, -0.2) is 14.4 Å². The number of aliphatic hydroxyl groups excluding tert-OH is 1. The Morgan fingerprint density at radius 2 is 1.62 bits per heavy atom. The molecule has 4 fully saturated rings. The standard InChI is InChI=1S/C30H36O12/c1-13(31)37-16-12-28(6)22(15-10-20(34)39-24(15)35)40-25(36)23-30(28,42-23)29(7)18(38-14(2)32)11-17-26(3,4)41-19(33)8-9-27(17,5)21(16)29/h8-10,16-18,21-24,35H,11-12H2,1-7H3/t16-,17-,18+,21+,22-,23+,24-,27-,28-,29+,30+/m0/s1. The van der Waals surface area contributed by atoms with Crippen molar-refractivity contribution in [3.05, 3.63) is 23.8 Å². The van der Waals surface area contributed by atoms with Crippen LogP contribution in [-0.2, 0) is 52.4 Å². The third kappa shape index (κ3) is 3.51. The van der Waals surface area contributed by atoms with Crippen molar-refractivity contribution in [2.45, 2.75) is 103 Å². The lowest BCUT2D eigenvalue weighted by molar-refractivity contribution is -0.281. The molecular weight excluding hydrogens is 552 g/mol. The second-order valence-electron chi connectivity index (χ2n) is 13.6. The Labute approximate surface area is 242 Å². The molecular formula is C30H36O12. The van der Waals surface area contributed by atoms with Gasteiger partial charge in [-0.05, 0) is 32.1 Å². The van der Waals surface area contributed by atoms with Crippen LogP contribution in [0.2, 0.25) is 0 Å². The zero-order valence-corrected chi connectivity index (χ0v) is 24.6. The lowest BCUT2D eigenvalue weighted by Gasteiger charge is -2.68. The first-order chi connectivity index (χ1) is 19.4. The molecule has 2 saturated heterocycles. The van der Waals surface area contributed by atoms with Gasteiger partial charge in [-0.15, -0.1) is 0 Å². The lowest BCUT2D eigenvalue weighted by Crippen LogP contribution is -2.77. The molecule has 0 unspecified atom stereocenters. The Morgan fingerprint density at radius 1 is 0.952 bits per heavy atom. The second kappa shape index (κ2) is 8.66. The number of carbonyl (C=O) groups excluding carboxylic acids is 5. The molecule has 42 heavy (non-hydrogen) atoms. The summed E-state index contributed by atoms with van der Waals surface area (Å²) in [6.07, 6.45) is -1.04. The van der Waals surface area contributed by atoms with E-state index in [-0.39, 0.29) is 18.4 Å². The van der Waals surface area contributed by atoms with Crippen LogP contribution in [0.15, 0.2) is 23.8 Å². The largest absolute Gasteiger partial charge is 0.462 e. The molecule has 12 nitrogen and oxygen atoms in total. The molecule has 4 aliphatic heterocycles. The maximum Gasteiger partial charge on any atom is 0.339 e. The zero-order chi connectivity index (χ0) is 30.8. The fourth-order valence-electron chi connectivity index (χ4n) is 9.77. The van der Waals surface area contributed by atoms with Crippen molar-refractivity contribution in [1.29, 1.82) is 0 Å². The van der Waals surface area contributed by atoms with Gasteiger partial charge in [0.15, 0.2) is 6.10 Å². The first-order valence-corrected chi connectivity index (χ1v) is 14.2. The van der Waals surface area contributed by atoms with Crippen LogP contribution in [-0.4, -0.2) is 76.9 Å². The highest BCUT2D eigenvalue weighted by Gasteiger charge is 2.90. The minimum Gasteiger partial charge on any atom is -0.462 e. The lowest BCUT2D eigenvalue weighted by atomic mass is 9.36. The van der Waals surface area contributed by atoms with Crippen LogP contribution in [0.4, 0.5) is 0 Å². The highest BCUT2D eigenvalue weighted by molar-refractivity contribution is 5.87. The van der Waals surface area contributed by atoms with Crippen LogP contribution in [0.1, 0.15) is 61.3 Å². The maximum atomic E-state index is 13.5. The van der Waals surface area contributed by atoms with Crippen molar-refractivity contribution < 1.29 is 57.5 Å². The summed E-state index contributed by atoms with van der Waals surface area (Å²) in [6, 6.07) is 0. The van der Waals surface area contributed by atoms with Crippen LogP contribution in [0.3, 0.4) is 0 Å². The van der Waals surface area contributed by atoms with E-state index in [4.69, 9.17) is 28.4 Å². The molecule has 228 valence electrons. The molecule has 1 N–H and O–H groups in total. The molecule has 0 aromatic rings. The van der Waals surface area contributed by atoms with E-state index in [9.17, 15) is 29.1 Å². The highest BCUT2D eigenvalue weighted by Crippen LogP contribution is 2.78. The Kier molecular flexibility index (Phi) is 5.95. The quantitative estimate of drug-likeness (QED) is 0.288. The first kappa shape index (κ1) is 28.9. The number of rotatable bonds is 3. The summed E-state index contributed by atoms with van der Waals surface area (Å²) in [5.41, 5.74) is -5.57. The van der Waals surface area contributed by atoms with Crippen LogP contribution >= 0.6 is 0 Å². The number of carbonyl (C=O) groups is 5. The first-order valence-electron chi connectivity index (χ1n) is 14.2. The van der Waals surface area contributed by atoms with Gasteiger partial charge < -0.3 is 33.5 Å². The summed E-state index contributed by atoms with van der Waals surface area (Å²) in [6.45, 7) is 11.8. The summed E-state index contributed by atoms with van der Waals surface area (Å²) in [5.74, 6) is -4.18. The monoisotopic (exact) mass is 588 g/mol. The topological polar surface area (TPSA) is 164 Å². The van der Waals surface area contributed by atoms with Gasteiger partial charge in [0.05, 0.1) is 0 Å². The number of hydrogen-bond donors (Lipinski definition) is 1. The van der Waals surface area contributed by atoms with E-state index in [1.807, 2.05) is 13.8 Å². The molecule has 4 heterocycles. The number of cyclic esters (lactones) is 3. The van der Waals surface area contributed by atoms with Gasteiger partial charge in [-0.2, -0.15) is 0 Å². The van der Waals surface area contributed by atoms with Gasteiger partial charge in [0.25, 0.3) is 0 Å². The number of allylic oxidation sites excluding steroid dienone is 1. The molecule has 6 rings (SSSR count). The van der Waals surface area contributed by atoms with Crippen molar-refractivity contribution >= 4 is 29.8 Å². The van der Waals surface area contributed by atoms with Gasteiger partial charge in [0.1, 0.15) is 29.5 Å². The summed E-state index contributed by atoms with van der Waals surface area (Å²) in [7, 11) is 0. The van der Waals surface area contributed by atoms with E-state index in [1.54, 1.807) is 26.8 Å². The summed E-state index contributed by atoms with van der Waals surface area (Å²) < 4.78 is 35.2. The molecule has 2 saturated carbocycles. The summed E-state index contributed by atoms with van der Waals surface area (Å²) >= 11 is 0. The summed E-state index contributed by atoms with van der Waals surface area (Å²) in [4.78, 5) is 63.7. The fraction of sp³-hybridized carbons (Fsp3) is 0.700. The number of aliphatic hydroxyl groups is 1. The maximum absolute atomic E-state index is 13.5. The van der Waals surface area contributed by atoms with E-state index >= 15 is 0 Å². The van der Waals surface area contributed by atoms with Crippen molar-refractivity contribution in [3.63, 3.8) is 0 Å². The van der Waals surface area contributed by atoms with Crippen molar-refractivity contribution in [1.82, 2.24) is 0 Å². The molecule has 1 spiro atoms. The smallest absolute Gasteiger partial charge is 0.339 e. The Hall–Kier alpha value is -3.25. The van der Waals surface area contributed by atoms with Gasteiger partial charge >= 0.3 is 29.8 Å². The highest BCUT2D eigenvalue weighted by atomic mass is 16.7. The van der Waals surface area contributed by atoms with E-state index in [0.717, 1.165) is 6.08 Å². The normalized spacial score (nSPS) is 48.0. The molecule has 6 aliphatic rings. The third-order valence-electron chi connectivity index (χ3n) is 11.0. The molecule has 0 aromatic carbocycles. The van der Waals surface area contributed by atoms with E-state index < -0.39 is 99.8 Å². The van der Waals surface area contributed by atoms with Crippen molar-refractivity contribution in [2.24, 2.45) is 28.1 Å². The number of fused-ring (bicyclic) bond motifs is 3. The van der Waals surface area contributed by atoms with Crippen LogP contribution < -0.4 is 0 Å². The number of hydrogen-bond acceptors (Lipinski definition) is 12. The van der Waals surface area contributed by atoms with Gasteiger partial charge in [0, 0.05) is 54.2 Å². The van der Waals surface area contributed by atoms with Crippen molar-refractivity contribution in [3.8, 4) is 0 Å². The van der Waals surface area contributed by atoms with Gasteiger partial charge in [-0.3, -0.25) is 9.59 Å². The molecule has 0 aromatic heterocycles. The predicted molar refractivity (Wildman–Crippen MR) is 139 cm³/mol. The van der Waals surface area contributed by atoms with E-state index in [1.165, 1.54) is 19.9 Å². The second-order valence-corrected chi connectivity index (χ2v) is 13.6. The van der Waals surface area contributed by atoms with Crippen LogP contribution in [0.25, 0.3) is 0 Å². The van der Waals surface area contributed by atoms with Gasteiger partial charge in [-0.1, -0.05) is 26.8 Å². The zero-order valence-electron chi connectivity index (χ0n) is 24.6. The SMILES string of the molecule is CC(=O)O[C@H]1C[C@@]2(C)[C@H](C3=CC(=O)O[C@@H]3O)OC(=O)[C@H]3O[C@]32[C@@]2(C)[C@H]1[C@@]1(C)C=CC(=O)OC(C)(C)[C@@H]1C[C@H]2OC(C)=O. The molecule has 11 atom stereocenters. The molecule has 0 radical (unpaired) electrons. The number of ether oxygens (including phenoxy) is 6. The average molecular weight is 589 g/mol. The summed E-state index contributed by atoms with van der Waals surface area (Å²) in [5, 5.41) is 10.6. The third-order valence-corrected chi connectivity index (χ3v) is 11.0. The van der Waals surface area contributed by atoms with Crippen molar-refractivity contribution in [2.75, 3.05) is 0 Å². The fourth-order valence-corrected chi connectivity index (χ4v) is 9.77. The molecule has 0 bridgehead atoms. The average Bonchev–Trinajstić information content (AvgIpc) is 3.56.